The van der Waals surface area contributed by atoms with Crippen LogP contribution in [-0.4, -0.2) is 62.1 Å². The molecule has 10 heteroatoms. The number of nitrogens with one attached hydrogen (secondary N) is 1. The number of carbonyl (C=O) groups excluding carboxylic acids is 1. The first kappa shape index (κ1) is 20.4. The number of hydrogen-bond acceptors (Lipinski definition) is 7. The number of sulfonamides is 1. The highest BCUT2D eigenvalue weighted by Gasteiger charge is 2.25. The van der Waals surface area contributed by atoms with Crippen molar-refractivity contribution in [1.82, 2.24) is 19.8 Å². The van der Waals surface area contributed by atoms with Gasteiger partial charge in [-0.15, -0.1) is 0 Å². The fraction of sp³-hybridized carbons (Fsp3) is 0.500. The summed E-state index contributed by atoms with van der Waals surface area (Å²) in [7, 11) is -1.98. The second kappa shape index (κ2) is 9.26. The zero-order valence-electron chi connectivity index (χ0n) is 15.8. The molecule has 0 bridgehead atoms. The molecule has 0 aliphatic carbocycles. The number of carbonyl (C=O) groups is 1. The molecule has 0 saturated carbocycles. The van der Waals surface area contributed by atoms with Crippen molar-refractivity contribution in [2.45, 2.75) is 30.6 Å². The van der Waals surface area contributed by atoms with E-state index in [-0.39, 0.29) is 16.6 Å². The largest absolute Gasteiger partial charge is 0.383 e. The number of rotatable bonds is 7. The molecule has 1 aliphatic heterocycles. The second-order valence-electron chi connectivity index (χ2n) is 6.51. The number of amides is 1. The Kier molecular flexibility index (Phi) is 6.76. The zero-order chi connectivity index (χ0) is 20.0. The van der Waals surface area contributed by atoms with Crippen LogP contribution < -0.4 is 5.32 Å². The summed E-state index contributed by atoms with van der Waals surface area (Å²) in [5, 5.41) is 6.38. The van der Waals surface area contributed by atoms with Gasteiger partial charge in [-0.05, 0) is 37.1 Å². The molecule has 9 nitrogen and oxygen atoms in total. The Balaban J connectivity index is 1.71. The minimum Gasteiger partial charge on any atom is -0.383 e. The van der Waals surface area contributed by atoms with Gasteiger partial charge in [0.15, 0.2) is 0 Å². The summed E-state index contributed by atoms with van der Waals surface area (Å²) < 4.78 is 37.0. The van der Waals surface area contributed by atoms with E-state index in [4.69, 9.17) is 9.26 Å². The lowest BCUT2D eigenvalue weighted by Gasteiger charge is -2.19. The highest BCUT2D eigenvalue weighted by atomic mass is 32.2. The smallest absolute Gasteiger partial charge is 0.316 e. The van der Waals surface area contributed by atoms with Gasteiger partial charge in [0.1, 0.15) is 0 Å². The SMILES string of the molecule is COCCNC(=O)c1nc(-c2ccc(S(=O)(=O)N3CCCCCC3)cc2)no1. The second-order valence-corrected chi connectivity index (χ2v) is 8.45. The van der Waals surface area contributed by atoms with Gasteiger partial charge < -0.3 is 14.6 Å². The van der Waals surface area contributed by atoms with Crippen LogP contribution >= 0.6 is 0 Å². The fourth-order valence-corrected chi connectivity index (χ4v) is 4.50. The predicted molar refractivity (Wildman–Crippen MR) is 101 cm³/mol. The van der Waals surface area contributed by atoms with E-state index < -0.39 is 15.9 Å². The van der Waals surface area contributed by atoms with Crippen molar-refractivity contribution in [3.05, 3.63) is 30.2 Å². The molecule has 1 aliphatic rings. The molecule has 1 saturated heterocycles. The van der Waals surface area contributed by atoms with Crippen LogP contribution in [0.15, 0.2) is 33.7 Å². The minimum absolute atomic E-state index is 0.160. The van der Waals surface area contributed by atoms with E-state index in [0.29, 0.717) is 31.8 Å². The van der Waals surface area contributed by atoms with Gasteiger partial charge in [-0.2, -0.15) is 9.29 Å². The van der Waals surface area contributed by atoms with Crippen molar-refractivity contribution >= 4 is 15.9 Å². The fourth-order valence-electron chi connectivity index (χ4n) is 2.98. The van der Waals surface area contributed by atoms with Gasteiger partial charge in [-0.3, -0.25) is 4.79 Å². The third-order valence-electron chi connectivity index (χ3n) is 4.53. The van der Waals surface area contributed by atoms with Gasteiger partial charge >= 0.3 is 11.8 Å². The highest BCUT2D eigenvalue weighted by Crippen LogP contribution is 2.23. The van der Waals surface area contributed by atoms with Crippen LogP contribution in [0, 0.1) is 0 Å². The molecular weight excluding hydrogens is 384 g/mol. The van der Waals surface area contributed by atoms with E-state index in [0.717, 1.165) is 25.7 Å². The molecule has 1 fully saturated rings. The number of aromatic nitrogens is 2. The number of nitrogens with zero attached hydrogens (tertiary/aromatic N) is 3. The Hall–Kier alpha value is -2.30. The van der Waals surface area contributed by atoms with Gasteiger partial charge in [0.05, 0.1) is 11.5 Å². The van der Waals surface area contributed by atoms with E-state index in [9.17, 15) is 13.2 Å². The van der Waals surface area contributed by atoms with Crippen molar-refractivity contribution in [3.63, 3.8) is 0 Å². The van der Waals surface area contributed by atoms with Crippen LogP contribution in [0.3, 0.4) is 0 Å². The molecule has 0 unspecified atom stereocenters. The number of methoxy groups -OCH3 is 1. The van der Waals surface area contributed by atoms with Gasteiger partial charge in [0, 0.05) is 32.3 Å². The lowest BCUT2D eigenvalue weighted by molar-refractivity contribution is 0.0893. The molecule has 2 heterocycles. The molecule has 0 spiro atoms. The summed E-state index contributed by atoms with van der Waals surface area (Å²) in [6.45, 7) is 1.81. The van der Waals surface area contributed by atoms with Gasteiger partial charge in [0.2, 0.25) is 15.8 Å². The summed E-state index contributed by atoms with van der Waals surface area (Å²) in [5.74, 6) is -0.431. The van der Waals surface area contributed by atoms with Gasteiger partial charge in [-0.1, -0.05) is 18.0 Å². The topological polar surface area (TPSA) is 115 Å². The first-order chi connectivity index (χ1) is 13.5. The van der Waals surface area contributed by atoms with Crippen molar-refractivity contribution in [1.29, 1.82) is 0 Å². The van der Waals surface area contributed by atoms with Gasteiger partial charge in [-0.25, -0.2) is 8.42 Å². The summed E-state index contributed by atoms with van der Waals surface area (Å²) in [6, 6.07) is 6.29. The van der Waals surface area contributed by atoms with Gasteiger partial charge in [0.25, 0.3) is 0 Å². The summed E-state index contributed by atoms with van der Waals surface area (Å²) in [4.78, 5) is 16.2. The Bertz CT molecular complexity index is 887. The maximum absolute atomic E-state index is 12.8. The average Bonchev–Trinajstić information content (AvgIpc) is 3.03. The lowest BCUT2D eigenvalue weighted by Crippen LogP contribution is -2.31. The first-order valence-corrected chi connectivity index (χ1v) is 10.7. The van der Waals surface area contributed by atoms with Crippen LogP contribution in [0.2, 0.25) is 0 Å². The molecule has 2 aromatic rings. The van der Waals surface area contributed by atoms with Crippen molar-refractivity contribution in [2.75, 3.05) is 33.4 Å². The van der Waals surface area contributed by atoms with Crippen LogP contribution in [0.4, 0.5) is 0 Å². The maximum atomic E-state index is 12.8. The average molecular weight is 408 g/mol. The summed E-state index contributed by atoms with van der Waals surface area (Å²) in [5.41, 5.74) is 0.564. The number of hydrogen-bond donors (Lipinski definition) is 1. The third-order valence-corrected chi connectivity index (χ3v) is 6.44. The molecule has 1 aromatic carbocycles. The highest BCUT2D eigenvalue weighted by molar-refractivity contribution is 7.89. The van der Waals surface area contributed by atoms with Crippen LogP contribution in [0.25, 0.3) is 11.4 Å². The maximum Gasteiger partial charge on any atom is 0.316 e. The molecule has 1 aromatic heterocycles. The Morgan fingerprint density at radius 1 is 1.18 bits per heavy atom. The van der Waals surface area contributed by atoms with E-state index in [1.807, 2.05) is 0 Å². The van der Waals surface area contributed by atoms with E-state index in [1.165, 1.54) is 19.2 Å². The summed E-state index contributed by atoms with van der Waals surface area (Å²) in [6.07, 6.45) is 3.89. The summed E-state index contributed by atoms with van der Waals surface area (Å²) >= 11 is 0. The first-order valence-electron chi connectivity index (χ1n) is 9.24. The van der Waals surface area contributed by atoms with Crippen LogP contribution in [0.1, 0.15) is 36.4 Å². The van der Waals surface area contributed by atoms with E-state index >= 15 is 0 Å². The van der Waals surface area contributed by atoms with Crippen LogP contribution in [-0.2, 0) is 14.8 Å². The van der Waals surface area contributed by atoms with Crippen molar-refractivity contribution in [3.8, 4) is 11.4 Å². The van der Waals surface area contributed by atoms with Crippen molar-refractivity contribution < 1.29 is 22.5 Å². The zero-order valence-corrected chi connectivity index (χ0v) is 16.6. The molecule has 152 valence electrons. The molecular formula is C18H24N4O5S. The molecule has 3 rings (SSSR count). The standard InChI is InChI=1S/C18H24N4O5S/c1-26-13-10-19-17(23)18-20-16(21-27-18)14-6-8-15(9-7-14)28(24,25)22-11-4-2-3-5-12-22/h6-9H,2-5,10-13H2,1H3,(H,19,23). The molecule has 0 atom stereocenters. The molecule has 0 radical (unpaired) electrons. The predicted octanol–water partition coefficient (Wildman–Crippen LogP) is 1.68. The lowest BCUT2D eigenvalue weighted by atomic mass is 10.2. The Labute approximate surface area is 164 Å². The monoisotopic (exact) mass is 408 g/mol. The molecule has 1 amide bonds. The Morgan fingerprint density at radius 3 is 2.50 bits per heavy atom. The minimum atomic E-state index is -3.51. The van der Waals surface area contributed by atoms with Crippen LogP contribution in [0.5, 0.6) is 0 Å². The normalized spacial score (nSPS) is 15.9. The van der Waals surface area contributed by atoms with E-state index in [1.54, 1.807) is 16.4 Å². The molecule has 1 N–H and O–H groups in total. The number of ether oxygens (including phenoxy) is 1. The Morgan fingerprint density at radius 2 is 1.86 bits per heavy atom. The van der Waals surface area contributed by atoms with E-state index in [2.05, 4.69) is 15.5 Å². The quantitative estimate of drug-likeness (QED) is 0.693. The van der Waals surface area contributed by atoms with Crippen molar-refractivity contribution in [2.24, 2.45) is 0 Å². The third kappa shape index (κ3) is 4.75. The number of benzene rings is 1. The molecule has 28 heavy (non-hydrogen) atoms.